The van der Waals surface area contributed by atoms with Gasteiger partial charge in [0.05, 0.1) is 5.56 Å². The molecule has 0 fully saturated rings. The lowest BCUT2D eigenvalue weighted by molar-refractivity contribution is 0.0925. The normalized spacial score (nSPS) is 13.2. The standard InChI is InChI=1S/C19H24N2O3/c1-5-12(2)21-18(22)15-11-16(19(23)20-4)24-17(15)13(3)14-9-7-6-8-10-14/h6-13H,5H2,1-4H3,(H,20,23)(H,21,22)/t12?,13-/m0/s1. The van der Waals surface area contributed by atoms with E-state index < -0.39 is 0 Å². The minimum absolute atomic E-state index is 0.0516. The van der Waals surface area contributed by atoms with E-state index in [9.17, 15) is 9.59 Å². The average molecular weight is 328 g/mol. The second-order valence-corrected chi connectivity index (χ2v) is 5.88. The van der Waals surface area contributed by atoms with Crippen LogP contribution in [0, 0.1) is 0 Å². The maximum Gasteiger partial charge on any atom is 0.286 e. The fraction of sp³-hybridized carbons (Fsp3) is 0.368. The average Bonchev–Trinajstić information content (AvgIpc) is 3.06. The van der Waals surface area contributed by atoms with Gasteiger partial charge in [-0.1, -0.05) is 44.2 Å². The molecule has 0 aliphatic heterocycles. The molecule has 2 N–H and O–H groups in total. The van der Waals surface area contributed by atoms with E-state index in [-0.39, 0.29) is 29.5 Å². The summed E-state index contributed by atoms with van der Waals surface area (Å²) in [5, 5.41) is 5.46. The van der Waals surface area contributed by atoms with Crippen molar-refractivity contribution in [2.24, 2.45) is 0 Å². The number of hydrogen-bond acceptors (Lipinski definition) is 3. The Morgan fingerprint density at radius 3 is 2.38 bits per heavy atom. The molecule has 1 heterocycles. The number of nitrogens with one attached hydrogen (secondary N) is 2. The van der Waals surface area contributed by atoms with Crippen molar-refractivity contribution in [3.63, 3.8) is 0 Å². The molecule has 1 aromatic heterocycles. The number of amides is 2. The Morgan fingerprint density at radius 2 is 1.79 bits per heavy atom. The third-order valence-electron chi connectivity index (χ3n) is 4.14. The van der Waals surface area contributed by atoms with E-state index >= 15 is 0 Å². The van der Waals surface area contributed by atoms with E-state index in [1.807, 2.05) is 51.1 Å². The zero-order valence-electron chi connectivity index (χ0n) is 14.6. The molecule has 24 heavy (non-hydrogen) atoms. The van der Waals surface area contributed by atoms with Gasteiger partial charge in [0.1, 0.15) is 5.76 Å². The van der Waals surface area contributed by atoms with Crippen molar-refractivity contribution in [3.8, 4) is 0 Å². The van der Waals surface area contributed by atoms with E-state index in [2.05, 4.69) is 10.6 Å². The summed E-state index contributed by atoms with van der Waals surface area (Å²) < 4.78 is 5.75. The van der Waals surface area contributed by atoms with Gasteiger partial charge >= 0.3 is 0 Å². The maximum atomic E-state index is 12.6. The molecule has 0 saturated heterocycles. The molecule has 1 aromatic carbocycles. The van der Waals surface area contributed by atoms with Crippen molar-refractivity contribution in [1.29, 1.82) is 0 Å². The molecule has 2 amide bonds. The smallest absolute Gasteiger partial charge is 0.286 e. The summed E-state index contributed by atoms with van der Waals surface area (Å²) in [5.74, 6) is -0.0624. The second kappa shape index (κ2) is 7.81. The first-order valence-electron chi connectivity index (χ1n) is 8.19. The molecule has 2 aromatic rings. The summed E-state index contributed by atoms with van der Waals surface area (Å²) in [6, 6.07) is 11.3. The van der Waals surface area contributed by atoms with E-state index in [1.165, 1.54) is 13.1 Å². The third kappa shape index (κ3) is 3.85. The molecule has 0 aliphatic carbocycles. The van der Waals surface area contributed by atoms with Crippen LogP contribution in [0.2, 0.25) is 0 Å². The van der Waals surface area contributed by atoms with Crippen molar-refractivity contribution in [1.82, 2.24) is 10.6 Å². The third-order valence-corrected chi connectivity index (χ3v) is 4.14. The van der Waals surface area contributed by atoms with Crippen molar-refractivity contribution in [2.75, 3.05) is 7.05 Å². The summed E-state index contributed by atoms with van der Waals surface area (Å²) in [6.07, 6.45) is 0.829. The van der Waals surface area contributed by atoms with E-state index in [0.29, 0.717) is 11.3 Å². The van der Waals surface area contributed by atoms with Crippen LogP contribution in [0.1, 0.15) is 65.3 Å². The Hall–Kier alpha value is -2.56. The Bertz CT molecular complexity index is 707. The largest absolute Gasteiger partial charge is 0.454 e. The van der Waals surface area contributed by atoms with E-state index in [1.54, 1.807) is 0 Å². The molecular formula is C19H24N2O3. The number of benzene rings is 1. The van der Waals surface area contributed by atoms with Crippen LogP contribution >= 0.6 is 0 Å². The topological polar surface area (TPSA) is 71.3 Å². The van der Waals surface area contributed by atoms with Gasteiger partial charge in [-0.25, -0.2) is 0 Å². The second-order valence-electron chi connectivity index (χ2n) is 5.88. The monoisotopic (exact) mass is 328 g/mol. The van der Waals surface area contributed by atoms with Crippen LogP contribution in [0.4, 0.5) is 0 Å². The lowest BCUT2D eigenvalue weighted by Gasteiger charge is -2.14. The lowest BCUT2D eigenvalue weighted by atomic mass is 9.96. The maximum absolute atomic E-state index is 12.6. The zero-order valence-corrected chi connectivity index (χ0v) is 14.6. The molecule has 5 nitrogen and oxygen atoms in total. The number of furan rings is 1. The van der Waals surface area contributed by atoms with Gasteiger partial charge in [0.15, 0.2) is 5.76 Å². The van der Waals surface area contributed by atoms with Gasteiger partial charge in [0.25, 0.3) is 11.8 Å². The van der Waals surface area contributed by atoms with Gasteiger partial charge in [-0.05, 0) is 18.9 Å². The van der Waals surface area contributed by atoms with Crippen LogP contribution in [0.25, 0.3) is 0 Å². The van der Waals surface area contributed by atoms with Gasteiger partial charge in [-0.3, -0.25) is 9.59 Å². The molecule has 0 bridgehead atoms. The van der Waals surface area contributed by atoms with Crippen molar-refractivity contribution >= 4 is 11.8 Å². The van der Waals surface area contributed by atoms with Gasteiger partial charge in [-0.2, -0.15) is 0 Å². The molecule has 128 valence electrons. The van der Waals surface area contributed by atoms with Crippen molar-refractivity contribution in [3.05, 3.63) is 59.0 Å². The van der Waals surface area contributed by atoms with E-state index in [4.69, 9.17) is 4.42 Å². The highest BCUT2D eigenvalue weighted by Gasteiger charge is 2.26. The van der Waals surface area contributed by atoms with Crippen LogP contribution in [-0.2, 0) is 0 Å². The molecule has 5 heteroatoms. The minimum atomic E-state index is -0.348. The van der Waals surface area contributed by atoms with Crippen LogP contribution in [-0.4, -0.2) is 24.9 Å². The molecule has 0 radical (unpaired) electrons. The fourth-order valence-electron chi connectivity index (χ4n) is 2.44. The summed E-state index contributed by atoms with van der Waals surface area (Å²) >= 11 is 0. The van der Waals surface area contributed by atoms with Crippen molar-refractivity contribution < 1.29 is 14.0 Å². The summed E-state index contributed by atoms with van der Waals surface area (Å²) in [6.45, 7) is 5.91. The fourth-order valence-corrected chi connectivity index (χ4v) is 2.44. The molecule has 0 spiro atoms. The molecule has 2 atom stereocenters. The highest BCUT2D eigenvalue weighted by molar-refractivity contribution is 5.99. The Labute approximate surface area is 142 Å². The lowest BCUT2D eigenvalue weighted by Crippen LogP contribution is -2.32. The number of carbonyl (C=O) groups is 2. The van der Waals surface area contributed by atoms with Crippen molar-refractivity contribution in [2.45, 2.75) is 39.2 Å². The molecule has 2 rings (SSSR count). The first-order chi connectivity index (χ1) is 11.5. The summed E-state index contributed by atoms with van der Waals surface area (Å²) in [5.41, 5.74) is 1.43. The quantitative estimate of drug-likeness (QED) is 0.854. The Kier molecular flexibility index (Phi) is 5.79. The molecular weight excluding hydrogens is 304 g/mol. The molecule has 0 saturated carbocycles. The van der Waals surface area contributed by atoms with Gasteiger partial charge in [-0.15, -0.1) is 0 Å². The first-order valence-corrected chi connectivity index (χ1v) is 8.19. The van der Waals surface area contributed by atoms with Crippen LogP contribution < -0.4 is 10.6 Å². The number of rotatable bonds is 6. The number of carbonyl (C=O) groups excluding carboxylic acids is 2. The molecule has 0 aliphatic rings. The summed E-state index contributed by atoms with van der Waals surface area (Å²) in [4.78, 5) is 24.5. The minimum Gasteiger partial charge on any atom is -0.454 e. The van der Waals surface area contributed by atoms with Crippen LogP contribution in [0.5, 0.6) is 0 Å². The van der Waals surface area contributed by atoms with Gasteiger partial charge < -0.3 is 15.1 Å². The summed E-state index contributed by atoms with van der Waals surface area (Å²) in [7, 11) is 1.53. The van der Waals surface area contributed by atoms with Crippen LogP contribution in [0.15, 0.2) is 40.8 Å². The SMILES string of the molecule is CCC(C)NC(=O)c1cc(C(=O)NC)oc1[C@@H](C)c1ccccc1. The Balaban J connectivity index is 2.42. The van der Waals surface area contributed by atoms with Gasteiger partial charge in [0.2, 0.25) is 0 Å². The predicted octanol–water partition coefficient (Wildman–Crippen LogP) is 3.32. The first kappa shape index (κ1) is 17.8. The molecule has 1 unspecified atom stereocenters. The van der Waals surface area contributed by atoms with Gasteiger partial charge in [0, 0.05) is 25.1 Å². The van der Waals surface area contributed by atoms with E-state index in [0.717, 1.165) is 12.0 Å². The van der Waals surface area contributed by atoms with Crippen LogP contribution in [0.3, 0.4) is 0 Å². The highest BCUT2D eigenvalue weighted by atomic mass is 16.4. The highest BCUT2D eigenvalue weighted by Crippen LogP contribution is 2.29. The zero-order chi connectivity index (χ0) is 17.7. The predicted molar refractivity (Wildman–Crippen MR) is 93.3 cm³/mol. The Morgan fingerprint density at radius 1 is 1.12 bits per heavy atom. The number of hydrogen-bond donors (Lipinski definition) is 2.